The first kappa shape index (κ1) is 17.4. The number of amides is 4. The van der Waals surface area contributed by atoms with Gasteiger partial charge in [-0.05, 0) is 30.4 Å². The van der Waals surface area contributed by atoms with Gasteiger partial charge in [-0.15, -0.1) is 0 Å². The fourth-order valence-electron chi connectivity index (χ4n) is 3.46. The summed E-state index contributed by atoms with van der Waals surface area (Å²) in [5, 5.41) is 2.25. The van der Waals surface area contributed by atoms with Gasteiger partial charge >= 0.3 is 6.03 Å². The lowest BCUT2D eigenvalue weighted by Gasteiger charge is -2.36. The highest BCUT2D eigenvalue weighted by atomic mass is 16.5. The molecule has 0 saturated carbocycles. The summed E-state index contributed by atoms with van der Waals surface area (Å²) in [5.74, 6) is -0.0451. The van der Waals surface area contributed by atoms with Gasteiger partial charge in [0, 0.05) is 38.9 Å². The Kier molecular flexibility index (Phi) is 5.33. The Morgan fingerprint density at radius 3 is 2.84 bits per heavy atom. The number of rotatable bonds is 5. The molecule has 1 fully saturated rings. The summed E-state index contributed by atoms with van der Waals surface area (Å²) in [6, 6.07) is 7.42. The molecule has 0 aromatic heterocycles. The van der Waals surface area contributed by atoms with E-state index in [1.807, 2.05) is 18.2 Å². The van der Waals surface area contributed by atoms with Crippen LogP contribution in [0.5, 0.6) is 0 Å². The number of methoxy groups -OCH3 is 1. The molecule has 1 aromatic carbocycles. The minimum Gasteiger partial charge on any atom is -0.385 e. The third-order valence-electron chi connectivity index (χ3n) is 4.81. The van der Waals surface area contributed by atoms with Crippen LogP contribution in [0.25, 0.3) is 0 Å². The Morgan fingerprint density at radius 1 is 1.28 bits per heavy atom. The van der Waals surface area contributed by atoms with Gasteiger partial charge in [0.1, 0.15) is 6.54 Å². The molecule has 0 radical (unpaired) electrons. The van der Waals surface area contributed by atoms with Gasteiger partial charge in [0.25, 0.3) is 0 Å². The highest BCUT2D eigenvalue weighted by molar-refractivity contribution is 6.01. The first-order valence-electron chi connectivity index (χ1n) is 8.57. The van der Waals surface area contributed by atoms with Crippen molar-refractivity contribution >= 4 is 23.5 Å². The number of hydrogen-bond donors (Lipinski definition) is 1. The number of carbonyl (C=O) groups is 3. The molecule has 1 aromatic rings. The molecule has 0 bridgehead atoms. The number of carbonyl (C=O) groups excluding carboxylic acids is 3. The zero-order chi connectivity index (χ0) is 17.8. The number of anilines is 1. The topological polar surface area (TPSA) is 79.0 Å². The first-order chi connectivity index (χ1) is 12.1. The van der Waals surface area contributed by atoms with Crippen molar-refractivity contribution in [1.82, 2.24) is 10.2 Å². The lowest BCUT2D eigenvalue weighted by atomic mass is 9.87. The number of benzene rings is 1. The van der Waals surface area contributed by atoms with Gasteiger partial charge in [-0.3, -0.25) is 14.9 Å². The molecular formula is C18H23N3O4. The monoisotopic (exact) mass is 345 g/mol. The maximum Gasteiger partial charge on any atom is 0.324 e. The molecule has 0 spiro atoms. The molecule has 134 valence electrons. The molecule has 0 aliphatic carbocycles. The quantitative estimate of drug-likeness (QED) is 0.877. The Labute approximate surface area is 146 Å². The normalized spacial score (nSPS) is 20.3. The summed E-state index contributed by atoms with van der Waals surface area (Å²) in [5.41, 5.74) is 2.06. The van der Waals surface area contributed by atoms with Crippen molar-refractivity contribution in [3.05, 3.63) is 29.8 Å². The Morgan fingerprint density at radius 2 is 2.08 bits per heavy atom. The highest BCUT2D eigenvalue weighted by Gasteiger charge is 2.31. The third kappa shape index (κ3) is 3.82. The Hall–Kier alpha value is -2.41. The molecule has 4 amide bonds. The van der Waals surface area contributed by atoms with Crippen LogP contribution in [-0.2, 0) is 14.3 Å². The van der Waals surface area contributed by atoms with E-state index in [-0.39, 0.29) is 31.3 Å². The summed E-state index contributed by atoms with van der Waals surface area (Å²) >= 11 is 0. The maximum absolute atomic E-state index is 12.8. The lowest BCUT2D eigenvalue weighted by molar-refractivity contribution is -0.124. The lowest BCUT2D eigenvalue weighted by Crippen LogP contribution is -2.53. The van der Waals surface area contributed by atoms with E-state index in [0.717, 1.165) is 24.1 Å². The molecule has 7 heteroatoms. The van der Waals surface area contributed by atoms with E-state index in [1.165, 1.54) is 4.90 Å². The van der Waals surface area contributed by atoms with Crippen LogP contribution in [0.15, 0.2) is 24.3 Å². The number of hydrogen-bond acceptors (Lipinski definition) is 4. The average molecular weight is 345 g/mol. The van der Waals surface area contributed by atoms with E-state index in [0.29, 0.717) is 19.1 Å². The van der Waals surface area contributed by atoms with Crippen LogP contribution in [0.1, 0.15) is 30.7 Å². The van der Waals surface area contributed by atoms with Crippen molar-refractivity contribution in [2.75, 3.05) is 38.3 Å². The van der Waals surface area contributed by atoms with E-state index < -0.39 is 6.03 Å². The molecule has 1 saturated heterocycles. The van der Waals surface area contributed by atoms with Crippen LogP contribution in [0.3, 0.4) is 0 Å². The SMILES string of the molecule is COCCC1CCN(C(=O)CN2CCC(=O)NC2=O)c2ccccc21. The van der Waals surface area contributed by atoms with Crippen LogP contribution in [-0.4, -0.2) is 56.1 Å². The van der Waals surface area contributed by atoms with Gasteiger partial charge in [-0.2, -0.15) is 0 Å². The van der Waals surface area contributed by atoms with Crippen molar-refractivity contribution in [3.8, 4) is 0 Å². The summed E-state index contributed by atoms with van der Waals surface area (Å²) < 4.78 is 5.20. The summed E-state index contributed by atoms with van der Waals surface area (Å²) in [7, 11) is 1.69. The van der Waals surface area contributed by atoms with Gasteiger partial charge < -0.3 is 14.5 Å². The fraction of sp³-hybridized carbons (Fsp3) is 0.500. The predicted octanol–water partition coefficient (Wildman–Crippen LogP) is 1.49. The molecule has 2 aliphatic heterocycles. The molecule has 3 rings (SSSR count). The number of imide groups is 1. The van der Waals surface area contributed by atoms with Gasteiger partial charge in [0.2, 0.25) is 11.8 Å². The number of para-hydroxylation sites is 1. The second-order valence-electron chi connectivity index (χ2n) is 6.40. The highest BCUT2D eigenvalue weighted by Crippen LogP contribution is 2.37. The van der Waals surface area contributed by atoms with Crippen molar-refractivity contribution in [1.29, 1.82) is 0 Å². The van der Waals surface area contributed by atoms with E-state index in [4.69, 9.17) is 4.74 Å². The number of ether oxygens (including phenoxy) is 1. The summed E-state index contributed by atoms with van der Waals surface area (Å²) in [6.07, 6.45) is 2.03. The minimum absolute atomic E-state index is 0.0177. The van der Waals surface area contributed by atoms with Crippen LogP contribution in [0.2, 0.25) is 0 Å². The number of urea groups is 1. The molecule has 2 aliphatic rings. The van der Waals surface area contributed by atoms with E-state index in [1.54, 1.807) is 12.0 Å². The molecule has 1 atom stereocenters. The van der Waals surface area contributed by atoms with E-state index >= 15 is 0 Å². The standard InChI is InChI=1S/C18H23N3O4/c1-25-11-8-13-6-10-21(15-5-3-2-4-14(13)15)17(23)12-20-9-7-16(22)19-18(20)24/h2-5,13H,6-12H2,1H3,(H,19,22,24). The van der Waals surface area contributed by atoms with Gasteiger partial charge in [0.15, 0.2) is 0 Å². The van der Waals surface area contributed by atoms with E-state index in [2.05, 4.69) is 11.4 Å². The zero-order valence-corrected chi connectivity index (χ0v) is 14.4. The van der Waals surface area contributed by atoms with E-state index in [9.17, 15) is 14.4 Å². The van der Waals surface area contributed by atoms with Crippen molar-refractivity contribution in [3.63, 3.8) is 0 Å². The molecule has 25 heavy (non-hydrogen) atoms. The van der Waals surface area contributed by atoms with Crippen LogP contribution >= 0.6 is 0 Å². The van der Waals surface area contributed by atoms with Gasteiger partial charge in [0.05, 0.1) is 0 Å². The molecule has 7 nitrogen and oxygen atoms in total. The van der Waals surface area contributed by atoms with Gasteiger partial charge in [-0.25, -0.2) is 4.79 Å². The molecule has 2 heterocycles. The smallest absolute Gasteiger partial charge is 0.324 e. The summed E-state index contributed by atoms with van der Waals surface area (Å²) in [6.45, 7) is 1.58. The van der Waals surface area contributed by atoms with Gasteiger partial charge in [-0.1, -0.05) is 18.2 Å². The fourth-order valence-corrected chi connectivity index (χ4v) is 3.46. The van der Waals surface area contributed by atoms with Crippen molar-refractivity contribution in [2.24, 2.45) is 0 Å². The predicted molar refractivity (Wildman–Crippen MR) is 92.4 cm³/mol. The maximum atomic E-state index is 12.8. The number of fused-ring (bicyclic) bond motifs is 1. The first-order valence-corrected chi connectivity index (χ1v) is 8.57. The number of nitrogens with one attached hydrogen (secondary N) is 1. The molecule has 1 N–H and O–H groups in total. The third-order valence-corrected chi connectivity index (χ3v) is 4.81. The Bertz CT molecular complexity index is 676. The van der Waals surface area contributed by atoms with Crippen molar-refractivity contribution in [2.45, 2.75) is 25.2 Å². The van der Waals surface area contributed by atoms with Crippen LogP contribution in [0, 0.1) is 0 Å². The van der Waals surface area contributed by atoms with Crippen molar-refractivity contribution < 1.29 is 19.1 Å². The minimum atomic E-state index is -0.493. The molecular weight excluding hydrogens is 322 g/mol. The van der Waals surface area contributed by atoms with Crippen LogP contribution < -0.4 is 10.2 Å². The largest absolute Gasteiger partial charge is 0.385 e. The average Bonchev–Trinajstić information content (AvgIpc) is 2.62. The zero-order valence-electron chi connectivity index (χ0n) is 14.4. The second-order valence-corrected chi connectivity index (χ2v) is 6.40. The Balaban J connectivity index is 1.72. The molecule has 1 unspecified atom stereocenters. The van der Waals surface area contributed by atoms with Crippen LogP contribution in [0.4, 0.5) is 10.5 Å². The second kappa shape index (κ2) is 7.65. The number of nitrogens with zero attached hydrogens (tertiary/aromatic N) is 2. The summed E-state index contributed by atoms with van der Waals surface area (Å²) in [4.78, 5) is 39.0.